The van der Waals surface area contributed by atoms with E-state index in [9.17, 15) is 9.90 Å². The molecule has 3 atom stereocenters. The lowest BCUT2D eigenvalue weighted by Crippen LogP contribution is -2.41. The van der Waals surface area contributed by atoms with Crippen molar-refractivity contribution in [1.82, 2.24) is 39.9 Å². The van der Waals surface area contributed by atoms with Gasteiger partial charge in [-0.25, -0.2) is 4.79 Å². The van der Waals surface area contributed by atoms with E-state index in [4.69, 9.17) is 10.1 Å². The van der Waals surface area contributed by atoms with E-state index in [0.29, 0.717) is 47.4 Å². The monoisotopic (exact) mass is 683 g/mol. The van der Waals surface area contributed by atoms with Crippen molar-refractivity contribution in [3.8, 4) is 5.75 Å². The molecule has 14 heteroatoms. The number of carbonyl (C=O) groups excluding carboxylic acids is 1. The molecule has 6 rings (SSSR count). The zero-order chi connectivity index (χ0) is 35.4. The van der Waals surface area contributed by atoms with Crippen molar-refractivity contribution in [2.75, 3.05) is 44.0 Å². The fraction of sp³-hybridized carbons (Fsp3) is 0.472. The number of hydrogen-bond acceptors (Lipinski definition) is 10. The minimum atomic E-state index is -0.408. The SMILES string of the molecule is CN(C)CCn1cc(N/C(=C\C(=N)C(C)(C)C)NC(=O)NC2CC[C@@H](Oc3ccc4nnc(N5CCCC5CO)n4c3)c3ccccc32)cn1. The van der Waals surface area contributed by atoms with Crippen LogP contribution in [0.4, 0.5) is 16.4 Å². The van der Waals surface area contributed by atoms with Gasteiger partial charge in [0.15, 0.2) is 5.65 Å². The number of aromatic nitrogens is 5. The Hall–Kier alpha value is -4.95. The van der Waals surface area contributed by atoms with Crippen LogP contribution in [-0.4, -0.2) is 86.0 Å². The van der Waals surface area contributed by atoms with Crippen molar-refractivity contribution in [2.24, 2.45) is 5.41 Å². The summed E-state index contributed by atoms with van der Waals surface area (Å²) in [6.07, 6.45) is 10.2. The van der Waals surface area contributed by atoms with Gasteiger partial charge >= 0.3 is 6.03 Å². The van der Waals surface area contributed by atoms with Gasteiger partial charge < -0.3 is 35.7 Å². The first-order valence-corrected chi connectivity index (χ1v) is 17.3. The Morgan fingerprint density at radius 2 is 1.90 bits per heavy atom. The predicted octanol–water partition coefficient (Wildman–Crippen LogP) is 4.72. The number of nitrogens with zero attached hydrogens (tertiary/aromatic N) is 7. The number of carbonyl (C=O) groups is 1. The normalized spacial score (nSPS) is 19.5. The van der Waals surface area contributed by atoms with Crippen molar-refractivity contribution in [3.63, 3.8) is 0 Å². The van der Waals surface area contributed by atoms with Crippen molar-refractivity contribution >= 4 is 29.0 Å². The molecule has 1 fully saturated rings. The summed E-state index contributed by atoms with van der Waals surface area (Å²) in [5.74, 6) is 1.79. The van der Waals surface area contributed by atoms with E-state index < -0.39 is 5.41 Å². The van der Waals surface area contributed by atoms with E-state index in [1.165, 1.54) is 0 Å². The van der Waals surface area contributed by atoms with Crippen LogP contribution in [0.15, 0.2) is 66.9 Å². The average Bonchev–Trinajstić information content (AvgIpc) is 3.84. The second-order valence-electron chi connectivity index (χ2n) is 14.4. The number of nitrogens with one attached hydrogen (secondary N) is 4. The van der Waals surface area contributed by atoms with Gasteiger partial charge in [-0.1, -0.05) is 45.0 Å². The summed E-state index contributed by atoms with van der Waals surface area (Å²) in [7, 11) is 4.03. The molecule has 0 radical (unpaired) electrons. The third-order valence-corrected chi connectivity index (χ3v) is 9.25. The molecule has 5 N–H and O–H groups in total. The molecular weight excluding hydrogens is 634 g/mol. The molecule has 1 aromatic carbocycles. The van der Waals surface area contributed by atoms with Gasteiger partial charge in [-0.2, -0.15) is 5.10 Å². The van der Waals surface area contributed by atoms with E-state index >= 15 is 0 Å². The number of aliphatic hydroxyl groups is 1. The largest absolute Gasteiger partial charge is 0.484 e. The number of urea groups is 1. The molecule has 4 heterocycles. The minimum absolute atomic E-state index is 0.0314. The number of hydrogen-bond donors (Lipinski definition) is 5. The number of aliphatic hydroxyl groups excluding tert-OH is 1. The molecule has 2 unspecified atom stereocenters. The lowest BCUT2D eigenvalue weighted by Gasteiger charge is -2.32. The van der Waals surface area contributed by atoms with Gasteiger partial charge in [0.25, 0.3) is 0 Å². The third-order valence-electron chi connectivity index (χ3n) is 9.25. The number of rotatable bonds is 12. The maximum Gasteiger partial charge on any atom is 0.320 e. The first-order chi connectivity index (χ1) is 24.0. The summed E-state index contributed by atoms with van der Waals surface area (Å²) < 4.78 is 10.4. The van der Waals surface area contributed by atoms with Gasteiger partial charge in [0.05, 0.1) is 43.3 Å². The maximum absolute atomic E-state index is 13.5. The first-order valence-electron chi connectivity index (χ1n) is 17.3. The fourth-order valence-electron chi connectivity index (χ4n) is 6.39. The number of fused-ring (bicyclic) bond motifs is 2. The topological polar surface area (TPSA) is 161 Å². The van der Waals surface area contributed by atoms with Crippen molar-refractivity contribution in [2.45, 2.75) is 71.2 Å². The standard InChI is InChI=1S/C36H49N11O3/c1-36(2,3)31(37)19-32(39-24-20-38-45(21-24)18-17-44(4)5)41-34(49)40-29-13-14-30(28-11-7-6-10-27(28)29)50-26-12-15-33-42-43-35(47(33)22-26)46-16-8-9-25(46)23-48/h6-7,10-12,15,19-22,25,29-30,37,39,48H,8-9,13-14,16-18,23H2,1-5H3,(H2,40,41,49)/b32-19+,37-31?/t25?,29?,30-/m1/s1. The summed E-state index contributed by atoms with van der Waals surface area (Å²) in [4.78, 5) is 17.7. The summed E-state index contributed by atoms with van der Waals surface area (Å²) in [5.41, 5.74) is 3.40. The number of anilines is 2. The molecule has 50 heavy (non-hydrogen) atoms. The van der Waals surface area contributed by atoms with Crippen molar-refractivity contribution < 1.29 is 14.6 Å². The van der Waals surface area contributed by atoms with Gasteiger partial charge in [-0.05, 0) is 63.0 Å². The summed E-state index contributed by atoms with van der Waals surface area (Å²) in [6.45, 7) is 8.36. The lowest BCUT2D eigenvalue weighted by molar-refractivity contribution is 0.171. The molecule has 1 aliphatic heterocycles. The van der Waals surface area contributed by atoms with Crippen LogP contribution in [0.3, 0.4) is 0 Å². The lowest BCUT2D eigenvalue weighted by atomic mass is 9.85. The third kappa shape index (κ3) is 8.08. The number of amides is 2. The highest BCUT2D eigenvalue weighted by Crippen LogP contribution is 2.39. The number of allylic oxidation sites excluding steroid dienone is 1. The Kier molecular flexibility index (Phi) is 10.4. The Morgan fingerprint density at radius 3 is 2.66 bits per heavy atom. The van der Waals surface area contributed by atoms with Crippen LogP contribution >= 0.6 is 0 Å². The highest BCUT2D eigenvalue weighted by atomic mass is 16.5. The van der Waals surface area contributed by atoms with Crippen LogP contribution in [0.25, 0.3) is 5.65 Å². The van der Waals surface area contributed by atoms with E-state index in [1.807, 2.05) is 86.7 Å². The zero-order valence-corrected chi connectivity index (χ0v) is 29.6. The van der Waals surface area contributed by atoms with Gasteiger partial charge in [0, 0.05) is 36.5 Å². The predicted molar refractivity (Wildman–Crippen MR) is 194 cm³/mol. The van der Waals surface area contributed by atoms with Crippen LogP contribution in [0.2, 0.25) is 0 Å². The maximum atomic E-state index is 13.5. The van der Waals surface area contributed by atoms with Crippen molar-refractivity contribution in [3.05, 3.63) is 78.0 Å². The van der Waals surface area contributed by atoms with Crippen molar-refractivity contribution in [1.29, 1.82) is 5.41 Å². The molecule has 14 nitrogen and oxygen atoms in total. The second-order valence-corrected chi connectivity index (χ2v) is 14.4. The van der Waals surface area contributed by atoms with Gasteiger partial charge in [-0.3, -0.25) is 14.4 Å². The molecule has 0 bridgehead atoms. The Balaban J connectivity index is 1.15. The van der Waals surface area contributed by atoms with Crippen LogP contribution in [0.5, 0.6) is 5.75 Å². The van der Waals surface area contributed by atoms with Gasteiger partial charge in [0.1, 0.15) is 17.7 Å². The number of pyridine rings is 1. The molecule has 0 saturated carbocycles. The Morgan fingerprint density at radius 1 is 1.10 bits per heavy atom. The number of benzene rings is 1. The second kappa shape index (κ2) is 14.9. The Bertz CT molecular complexity index is 1840. The van der Waals surface area contributed by atoms with E-state index in [-0.39, 0.29) is 30.8 Å². The molecule has 2 amide bonds. The number of likely N-dealkylation sites (N-methyl/N-ethyl adjacent to an activating group) is 1. The van der Waals surface area contributed by atoms with Crippen LogP contribution in [0, 0.1) is 10.8 Å². The molecule has 4 aromatic rings. The van der Waals surface area contributed by atoms with E-state index in [1.54, 1.807) is 12.3 Å². The smallest absolute Gasteiger partial charge is 0.320 e. The zero-order valence-electron chi connectivity index (χ0n) is 29.6. The van der Waals surface area contributed by atoms with Gasteiger partial charge in [0.2, 0.25) is 5.95 Å². The molecule has 0 spiro atoms. The summed E-state index contributed by atoms with van der Waals surface area (Å²) >= 11 is 0. The Labute approximate surface area is 293 Å². The number of ether oxygens (including phenoxy) is 1. The average molecular weight is 684 g/mol. The minimum Gasteiger partial charge on any atom is -0.484 e. The molecule has 1 saturated heterocycles. The molecule has 1 aliphatic carbocycles. The quantitative estimate of drug-likeness (QED) is 0.133. The molecule has 266 valence electrons. The highest BCUT2D eigenvalue weighted by molar-refractivity contribution is 5.97. The van der Waals surface area contributed by atoms with Crippen LogP contribution in [0.1, 0.15) is 69.7 Å². The summed E-state index contributed by atoms with van der Waals surface area (Å²) in [6, 6.07) is 11.3. The fourth-order valence-corrected chi connectivity index (χ4v) is 6.39. The van der Waals surface area contributed by atoms with Crippen LogP contribution in [-0.2, 0) is 6.54 Å². The molecule has 2 aliphatic rings. The highest BCUT2D eigenvalue weighted by Gasteiger charge is 2.31. The van der Waals surface area contributed by atoms with E-state index in [2.05, 4.69) is 47.1 Å². The van der Waals surface area contributed by atoms with Gasteiger partial charge in [-0.15, -0.1) is 10.2 Å². The molecule has 3 aromatic heterocycles. The van der Waals surface area contributed by atoms with E-state index in [0.717, 1.165) is 43.6 Å². The first kappa shape index (κ1) is 34.9. The molecular formula is C36H49N11O3. The van der Waals surface area contributed by atoms with Crippen LogP contribution < -0.4 is 25.6 Å². The summed E-state index contributed by atoms with van der Waals surface area (Å²) in [5, 5.41) is 41.1.